The molecule has 26 nitrogen and oxygen atoms in total. The van der Waals surface area contributed by atoms with Crippen molar-refractivity contribution in [3.05, 3.63) is 129 Å². The third kappa shape index (κ3) is 18.1. The van der Waals surface area contributed by atoms with Crippen LogP contribution in [0.1, 0.15) is 120 Å². The van der Waals surface area contributed by atoms with Crippen molar-refractivity contribution >= 4 is 127 Å². The molecule has 3 aliphatic rings. The van der Waals surface area contributed by atoms with Crippen molar-refractivity contribution in [3.63, 3.8) is 0 Å². The van der Waals surface area contributed by atoms with Crippen LogP contribution in [0.25, 0.3) is 21.5 Å². The van der Waals surface area contributed by atoms with Gasteiger partial charge in [-0.05, 0) is 96.6 Å². The Morgan fingerprint density at radius 1 is 0.667 bits per heavy atom. The van der Waals surface area contributed by atoms with Crippen molar-refractivity contribution in [2.45, 2.75) is 134 Å². The van der Waals surface area contributed by atoms with Crippen molar-refractivity contribution in [2.24, 2.45) is 23.3 Å². The molecule has 10 N–H and O–H groups in total. The highest BCUT2D eigenvalue weighted by Crippen LogP contribution is 2.49. The van der Waals surface area contributed by atoms with Gasteiger partial charge in [0.25, 0.3) is 11.8 Å². The molecule has 4 heterocycles. The van der Waals surface area contributed by atoms with Gasteiger partial charge in [0.05, 0.1) is 33.2 Å². The summed E-state index contributed by atoms with van der Waals surface area (Å²) in [6.45, 7) is 6.91. The van der Waals surface area contributed by atoms with Crippen LogP contribution in [0.2, 0.25) is 0 Å². The first kappa shape index (κ1) is 77.4. The van der Waals surface area contributed by atoms with Gasteiger partial charge >= 0.3 is 18.2 Å². The highest BCUT2D eigenvalue weighted by Gasteiger charge is 2.48. The maximum atomic E-state index is 14.8. The number of nitrogens with zero attached hydrogens (tertiary/aromatic N) is 4. The number of benzene rings is 5. The van der Waals surface area contributed by atoms with E-state index in [1.807, 2.05) is 24.3 Å². The summed E-state index contributed by atoms with van der Waals surface area (Å²) in [6.07, 6.45) is -7.91. The number of likely N-dealkylation sites (N-methyl/N-ethyl adjacent to an activating group) is 2. The zero-order valence-electron chi connectivity index (χ0n) is 57.6. The molecule has 1 saturated heterocycles. The van der Waals surface area contributed by atoms with Crippen LogP contribution < -0.4 is 46.7 Å². The Morgan fingerprint density at radius 3 is 1.74 bits per heavy atom. The van der Waals surface area contributed by atoms with E-state index >= 15 is 0 Å². The van der Waals surface area contributed by atoms with E-state index < -0.39 is 90.4 Å². The van der Waals surface area contributed by atoms with E-state index in [0.29, 0.717) is 76.3 Å². The molecule has 8 amide bonds. The number of carbonyl (C=O) groups is 10. The number of fused-ring (bicyclic) bond motifs is 6. The SMILES string of the molecule is CC(=O)N[C@@H](CCCCN)C(=O)C[C@H](C(=O)N[C@@H](CCCNC(N)=O)C(=O)Cc1ccc(COC(=O)N(C)CCN(C)C(=O)Oc2cc3c(c4ccccc24)[C@H](CCl)CN3C(=O)c2ccc(C(=O)N3C[C@@H](CCl)c4c3cc(O[C@@H]3O[C@H](C(C)=O)[C@@H](O)[C@H](O)[C@H]3O)c3ccccc43)s2)cc1)C(C)C. The Kier molecular flexibility index (Phi) is 26.5. The van der Waals surface area contributed by atoms with E-state index in [4.69, 9.17) is 53.6 Å². The van der Waals surface area contributed by atoms with Gasteiger partial charge in [-0.25, -0.2) is 14.4 Å². The molecule has 0 bridgehead atoms. The number of ether oxygens (including phenoxy) is 4. The summed E-state index contributed by atoms with van der Waals surface area (Å²) in [5, 5.41) is 42.7. The summed E-state index contributed by atoms with van der Waals surface area (Å²) in [5.74, 6) is -4.18. The monoisotopic (exact) mass is 1460 g/mol. The number of aliphatic hydroxyl groups excluding tert-OH is 3. The predicted molar refractivity (Wildman–Crippen MR) is 384 cm³/mol. The third-order valence-corrected chi connectivity index (χ3v) is 20.5. The number of nitrogens with two attached hydrogens (primary N) is 2. The molecule has 9 rings (SSSR count). The molecule has 102 heavy (non-hydrogen) atoms. The summed E-state index contributed by atoms with van der Waals surface area (Å²) >= 11 is 14.2. The molecule has 1 aromatic heterocycles. The van der Waals surface area contributed by atoms with E-state index in [0.717, 1.165) is 22.5 Å². The second kappa shape index (κ2) is 34.9. The molecular weight excluding hydrogens is 1380 g/mol. The molecule has 0 radical (unpaired) electrons. The van der Waals surface area contributed by atoms with Crippen LogP contribution in [0.3, 0.4) is 0 Å². The third-order valence-electron chi connectivity index (χ3n) is 18.7. The van der Waals surface area contributed by atoms with E-state index in [9.17, 15) is 63.3 Å². The second-order valence-corrected chi connectivity index (χ2v) is 28.0. The molecule has 0 spiro atoms. The molecule has 29 heteroatoms. The number of unbranched alkanes of at least 4 members (excludes halogenated alkanes) is 1. The first-order valence-electron chi connectivity index (χ1n) is 33.8. The minimum Gasteiger partial charge on any atom is -0.461 e. The normalized spacial score (nSPS) is 19.3. The first-order valence-corrected chi connectivity index (χ1v) is 35.7. The number of anilines is 2. The molecule has 0 saturated carbocycles. The Labute approximate surface area is 604 Å². The number of urea groups is 1. The number of nitrogens with one attached hydrogen (secondary N) is 3. The van der Waals surface area contributed by atoms with E-state index in [1.54, 1.807) is 91.5 Å². The Bertz CT molecular complexity index is 4100. The number of Topliss-reactive ketones (excluding diaryl/α,β-unsaturated/α-hetero) is 3. The Balaban J connectivity index is 0.815. The average molecular weight is 1470 g/mol. The van der Waals surface area contributed by atoms with Crippen molar-refractivity contribution in [1.29, 1.82) is 0 Å². The number of amides is 8. The van der Waals surface area contributed by atoms with Gasteiger partial charge in [-0.2, -0.15) is 0 Å². The smallest absolute Gasteiger partial charge is 0.415 e. The average Bonchev–Trinajstić information content (AvgIpc) is 1.56. The highest BCUT2D eigenvalue weighted by molar-refractivity contribution is 7.16. The van der Waals surface area contributed by atoms with Crippen LogP contribution in [-0.4, -0.2) is 192 Å². The Morgan fingerprint density at radius 2 is 1.20 bits per heavy atom. The van der Waals surface area contributed by atoms with Crippen molar-refractivity contribution in [2.75, 3.05) is 74.9 Å². The van der Waals surface area contributed by atoms with Gasteiger partial charge < -0.3 is 81.3 Å². The Hall–Kier alpha value is -8.80. The largest absolute Gasteiger partial charge is 0.461 e. The fourth-order valence-electron chi connectivity index (χ4n) is 13.0. The summed E-state index contributed by atoms with van der Waals surface area (Å²) in [4.78, 5) is 140. The lowest BCUT2D eigenvalue weighted by Gasteiger charge is -2.39. The molecule has 5 aromatic carbocycles. The summed E-state index contributed by atoms with van der Waals surface area (Å²) in [7, 11) is 3.02. The predicted octanol–water partition coefficient (Wildman–Crippen LogP) is 7.40. The fourth-order valence-corrected chi connectivity index (χ4v) is 14.4. The number of carbonyl (C=O) groups excluding carboxylic acids is 10. The van der Waals surface area contributed by atoms with Crippen molar-refractivity contribution in [1.82, 2.24) is 25.8 Å². The van der Waals surface area contributed by atoms with Crippen LogP contribution >= 0.6 is 34.5 Å². The van der Waals surface area contributed by atoms with Gasteiger partial charge in [0.2, 0.25) is 18.1 Å². The van der Waals surface area contributed by atoms with Crippen molar-refractivity contribution in [3.8, 4) is 11.5 Å². The minimum absolute atomic E-state index is 0.0163. The van der Waals surface area contributed by atoms with E-state index in [1.165, 1.54) is 42.6 Å². The lowest BCUT2D eigenvalue weighted by atomic mass is 9.86. The summed E-state index contributed by atoms with van der Waals surface area (Å²) in [5.41, 5.74) is 14.5. The standard InChI is InChI=1S/C73H87Cl2N9O17S/c1-39(2)50(31-56(88)51(79-41(4)86)18-11-12-26-76)67(92)80-52(19-13-27-78-71(77)95)55(87)30-42-20-22-43(23-21-42)38-98-72(96)81(5)28-29-82(6)73(97)100-58-33-54-62(49-17-10-8-15-47(49)58)45(35-75)37-84(54)69(94)60-25-24-59(102-60)68(93)83-36-44(34-74)61-48-16-9-7-14-46(48)57(32-53(61)83)99-70-65(91)63(89)64(90)66(101-70)40(3)85/h7-10,14-17,20-25,32-33,39,44-45,50-52,63-66,70,89-91H,11-13,18-19,26-31,34-38,76H2,1-6H3,(H,79,86)(H,80,92)(H3,77,78,95)/t44-,45-,50+,51+,52+,63+,64+,65-,66-,70-/m1/s1. The molecule has 0 unspecified atom stereocenters. The van der Waals surface area contributed by atoms with E-state index in [-0.39, 0.29) is 127 Å². The number of alkyl halides is 2. The quantitative estimate of drug-likeness (QED) is 0.0155. The van der Waals surface area contributed by atoms with Crippen LogP contribution in [0, 0.1) is 11.8 Å². The van der Waals surface area contributed by atoms with Crippen molar-refractivity contribution < 1.29 is 82.2 Å². The zero-order valence-corrected chi connectivity index (χ0v) is 59.9. The number of ketones is 3. The van der Waals surface area contributed by atoms with Gasteiger partial charge in [-0.15, -0.1) is 34.5 Å². The maximum Gasteiger partial charge on any atom is 0.415 e. The molecule has 6 aromatic rings. The topological polar surface area (TPSA) is 369 Å². The van der Waals surface area contributed by atoms with Crippen LogP contribution in [0.15, 0.2) is 97.1 Å². The first-order chi connectivity index (χ1) is 48.7. The van der Waals surface area contributed by atoms with Gasteiger partial charge in [0.15, 0.2) is 17.3 Å². The molecule has 1 fully saturated rings. The number of primary amides is 1. The summed E-state index contributed by atoms with van der Waals surface area (Å²) < 4.78 is 23.6. The number of hydrogen-bond acceptors (Lipinski definition) is 19. The van der Waals surface area contributed by atoms with Gasteiger partial charge in [-0.3, -0.25) is 33.6 Å². The number of thiophene rings is 1. The molecule has 3 aliphatic heterocycles. The van der Waals surface area contributed by atoms with E-state index in [2.05, 4.69) is 16.0 Å². The summed E-state index contributed by atoms with van der Waals surface area (Å²) in [6, 6.07) is 25.1. The number of halogens is 2. The highest BCUT2D eigenvalue weighted by atomic mass is 35.5. The second-order valence-electron chi connectivity index (χ2n) is 26.3. The molecule has 10 atom stereocenters. The number of aliphatic hydroxyl groups is 3. The molecular formula is C73H87Cl2N9O17S. The van der Waals surface area contributed by atoms with Crippen LogP contribution in [-0.2, 0) is 46.5 Å². The zero-order chi connectivity index (χ0) is 73.8. The molecule has 0 aliphatic carbocycles. The number of rotatable bonds is 31. The lowest BCUT2D eigenvalue weighted by molar-refractivity contribution is -0.265. The van der Waals surface area contributed by atoms with Gasteiger partial charge in [0, 0.05) is 119 Å². The molecule has 546 valence electrons. The fraction of sp³-hybridized carbons (Fsp3) is 0.452. The van der Waals surface area contributed by atoms with Crippen LogP contribution in [0.5, 0.6) is 11.5 Å². The van der Waals surface area contributed by atoms with Crippen LogP contribution in [0.4, 0.5) is 25.8 Å². The van der Waals surface area contributed by atoms with Gasteiger partial charge in [0.1, 0.15) is 42.5 Å². The minimum atomic E-state index is -1.77. The number of hydrogen-bond donors (Lipinski definition) is 8. The lowest BCUT2D eigenvalue weighted by Crippen LogP contribution is -2.60. The van der Waals surface area contributed by atoms with Gasteiger partial charge in [-0.1, -0.05) is 86.6 Å². The maximum absolute atomic E-state index is 14.8.